The number of hydrogen-bond acceptors (Lipinski definition) is 3. The zero-order chi connectivity index (χ0) is 19.5. The third-order valence-electron chi connectivity index (χ3n) is 3.65. The van der Waals surface area contributed by atoms with Crippen molar-refractivity contribution < 1.29 is 35.2 Å². The monoisotopic (exact) mass is 392 g/mol. The van der Waals surface area contributed by atoms with Crippen LogP contribution in [0.2, 0.25) is 0 Å². The molecule has 0 fully saturated rings. The Kier molecular flexibility index (Phi) is 6.51. The Balaban J connectivity index is 2.68. The Morgan fingerprint density at radius 3 is 1.77 bits per heavy atom. The molecule has 0 aliphatic rings. The SMILES string of the molecule is CCO[Si](OC)(OCC)c1cccc(-c2c(F)c(F)c(F)c(F)c2F)c1. The van der Waals surface area contributed by atoms with Gasteiger partial charge >= 0.3 is 8.80 Å². The summed E-state index contributed by atoms with van der Waals surface area (Å²) in [5, 5.41) is 0.338. The predicted molar refractivity (Wildman–Crippen MR) is 87.3 cm³/mol. The molecule has 0 bridgehead atoms. The van der Waals surface area contributed by atoms with Crippen molar-refractivity contribution >= 4 is 14.0 Å². The van der Waals surface area contributed by atoms with Gasteiger partial charge in [-0.1, -0.05) is 18.2 Å². The Morgan fingerprint density at radius 1 is 0.808 bits per heavy atom. The minimum absolute atomic E-state index is 0.205. The molecule has 0 aliphatic heterocycles. The standard InChI is InChI=1S/C17H17F5O3Si/c1-4-24-26(23-3,25-5-2)11-8-6-7-10(9-11)12-13(18)15(20)17(22)16(21)14(12)19/h6-9H,4-5H2,1-3H3. The highest BCUT2D eigenvalue weighted by Gasteiger charge is 2.42. The first-order valence-electron chi connectivity index (χ1n) is 7.78. The molecule has 0 radical (unpaired) electrons. The summed E-state index contributed by atoms with van der Waals surface area (Å²) in [6.45, 7) is 3.92. The van der Waals surface area contributed by atoms with Crippen LogP contribution in [0.25, 0.3) is 11.1 Å². The molecule has 0 spiro atoms. The molecular formula is C17H17F5O3Si. The highest BCUT2D eigenvalue weighted by atomic mass is 28.4. The molecule has 0 aliphatic carbocycles. The largest absolute Gasteiger partial charge is 0.536 e. The average Bonchev–Trinajstić information content (AvgIpc) is 2.65. The van der Waals surface area contributed by atoms with Crippen molar-refractivity contribution in [1.29, 1.82) is 0 Å². The molecule has 0 heterocycles. The van der Waals surface area contributed by atoms with Crippen LogP contribution in [0.1, 0.15) is 13.8 Å². The molecule has 2 rings (SSSR count). The van der Waals surface area contributed by atoms with Gasteiger partial charge in [-0.05, 0) is 25.5 Å². The van der Waals surface area contributed by atoms with Crippen LogP contribution in [-0.2, 0) is 13.3 Å². The summed E-state index contributed by atoms with van der Waals surface area (Å²) in [6, 6.07) is 5.44. The van der Waals surface area contributed by atoms with E-state index in [0.717, 1.165) is 0 Å². The van der Waals surface area contributed by atoms with Crippen LogP contribution >= 0.6 is 0 Å². The van der Waals surface area contributed by atoms with Crippen molar-refractivity contribution in [1.82, 2.24) is 0 Å². The van der Waals surface area contributed by atoms with E-state index in [0.29, 0.717) is 5.19 Å². The lowest BCUT2D eigenvalue weighted by Gasteiger charge is -2.27. The van der Waals surface area contributed by atoms with Gasteiger partial charge in [0.1, 0.15) is 0 Å². The Hall–Kier alpha value is -1.81. The van der Waals surface area contributed by atoms with Crippen molar-refractivity contribution in [2.75, 3.05) is 20.3 Å². The third kappa shape index (κ3) is 3.52. The quantitative estimate of drug-likeness (QED) is 0.309. The lowest BCUT2D eigenvalue weighted by atomic mass is 10.0. The van der Waals surface area contributed by atoms with E-state index in [1.165, 1.54) is 25.3 Å². The second-order valence-electron chi connectivity index (χ2n) is 5.15. The third-order valence-corrected chi connectivity index (χ3v) is 6.55. The van der Waals surface area contributed by atoms with Crippen molar-refractivity contribution in [3.05, 3.63) is 53.4 Å². The van der Waals surface area contributed by atoms with Crippen molar-refractivity contribution in [3.8, 4) is 11.1 Å². The lowest BCUT2D eigenvalue weighted by Crippen LogP contribution is -2.56. The fourth-order valence-electron chi connectivity index (χ4n) is 2.55. The molecule has 0 unspecified atom stereocenters. The normalized spacial score (nSPS) is 11.8. The summed E-state index contributed by atoms with van der Waals surface area (Å²) in [4.78, 5) is 0. The first-order valence-corrected chi connectivity index (χ1v) is 9.50. The number of hydrogen-bond donors (Lipinski definition) is 0. The zero-order valence-electron chi connectivity index (χ0n) is 14.3. The summed E-state index contributed by atoms with van der Waals surface area (Å²) < 4.78 is 85.1. The summed E-state index contributed by atoms with van der Waals surface area (Å²) in [6.07, 6.45) is 0. The predicted octanol–water partition coefficient (Wildman–Crippen LogP) is 3.91. The van der Waals surface area contributed by atoms with E-state index in [1.807, 2.05) is 0 Å². The molecule has 2 aromatic rings. The van der Waals surface area contributed by atoms with E-state index in [4.69, 9.17) is 13.3 Å². The molecule has 142 valence electrons. The molecular weight excluding hydrogens is 375 g/mol. The number of benzene rings is 2. The maximum atomic E-state index is 14.1. The highest BCUT2D eigenvalue weighted by Crippen LogP contribution is 2.31. The smallest absolute Gasteiger partial charge is 0.373 e. The van der Waals surface area contributed by atoms with Gasteiger partial charge in [-0.25, -0.2) is 22.0 Å². The van der Waals surface area contributed by atoms with Gasteiger partial charge in [0.05, 0.1) is 5.56 Å². The van der Waals surface area contributed by atoms with Crippen LogP contribution < -0.4 is 5.19 Å². The molecule has 0 N–H and O–H groups in total. The van der Waals surface area contributed by atoms with Gasteiger partial charge in [-0.2, -0.15) is 0 Å². The molecule has 0 saturated heterocycles. The van der Waals surface area contributed by atoms with Gasteiger partial charge in [0, 0.05) is 25.5 Å². The minimum Gasteiger partial charge on any atom is -0.373 e. The zero-order valence-corrected chi connectivity index (χ0v) is 15.3. The van der Waals surface area contributed by atoms with E-state index in [-0.39, 0.29) is 18.8 Å². The van der Waals surface area contributed by atoms with Gasteiger partial charge in [0.2, 0.25) is 5.82 Å². The fraction of sp³-hybridized carbons (Fsp3) is 0.294. The second kappa shape index (κ2) is 8.25. The van der Waals surface area contributed by atoms with Crippen molar-refractivity contribution in [2.45, 2.75) is 13.8 Å². The minimum atomic E-state index is -3.39. The van der Waals surface area contributed by atoms with Gasteiger partial charge in [-0.15, -0.1) is 0 Å². The van der Waals surface area contributed by atoms with Gasteiger partial charge < -0.3 is 13.3 Å². The van der Waals surface area contributed by atoms with E-state index in [1.54, 1.807) is 19.9 Å². The first kappa shape index (κ1) is 20.5. The molecule has 0 aromatic heterocycles. The Bertz CT molecular complexity index is 765. The molecule has 0 amide bonds. The van der Waals surface area contributed by atoms with Crippen LogP contribution in [0.5, 0.6) is 0 Å². The van der Waals surface area contributed by atoms with Gasteiger partial charge in [-0.3, -0.25) is 0 Å². The fourth-order valence-corrected chi connectivity index (χ4v) is 4.83. The first-order chi connectivity index (χ1) is 12.3. The number of rotatable bonds is 7. The molecule has 0 atom stereocenters. The Labute approximate surface area is 148 Å². The summed E-state index contributed by atoms with van der Waals surface area (Å²) in [5.74, 6) is -10.0. The molecule has 26 heavy (non-hydrogen) atoms. The van der Waals surface area contributed by atoms with Crippen molar-refractivity contribution in [3.63, 3.8) is 0 Å². The van der Waals surface area contributed by atoms with Crippen LogP contribution in [-0.4, -0.2) is 29.1 Å². The summed E-state index contributed by atoms with van der Waals surface area (Å²) in [7, 11) is -2.03. The maximum absolute atomic E-state index is 14.1. The van der Waals surface area contributed by atoms with Crippen LogP contribution in [0, 0.1) is 29.1 Å². The average molecular weight is 392 g/mol. The summed E-state index contributed by atoms with van der Waals surface area (Å²) in [5.41, 5.74) is -1.22. The Morgan fingerprint density at radius 2 is 1.31 bits per heavy atom. The van der Waals surface area contributed by atoms with Gasteiger partial charge in [0.15, 0.2) is 23.3 Å². The highest BCUT2D eigenvalue weighted by molar-refractivity contribution is 6.75. The van der Waals surface area contributed by atoms with E-state index in [9.17, 15) is 22.0 Å². The molecule has 9 heteroatoms. The second-order valence-corrected chi connectivity index (χ2v) is 7.83. The topological polar surface area (TPSA) is 27.7 Å². The van der Waals surface area contributed by atoms with Gasteiger partial charge in [0.25, 0.3) is 0 Å². The lowest BCUT2D eigenvalue weighted by molar-refractivity contribution is 0.102. The maximum Gasteiger partial charge on any atom is 0.536 e. The molecule has 3 nitrogen and oxygen atoms in total. The van der Waals surface area contributed by atoms with Crippen molar-refractivity contribution in [2.24, 2.45) is 0 Å². The molecule has 2 aromatic carbocycles. The van der Waals surface area contributed by atoms with Crippen LogP contribution in [0.15, 0.2) is 24.3 Å². The van der Waals surface area contributed by atoms with E-state index < -0.39 is 43.5 Å². The van der Waals surface area contributed by atoms with Crippen LogP contribution in [0.3, 0.4) is 0 Å². The summed E-state index contributed by atoms with van der Waals surface area (Å²) >= 11 is 0. The van der Waals surface area contributed by atoms with E-state index >= 15 is 0 Å². The van der Waals surface area contributed by atoms with Crippen LogP contribution in [0.4, 0.5) is 22.0 Å². The number of halogens is 5. The molecule has 0 saturated carbocycles. The van der Waals surface area contributed by atoms with E-state index in [2.05, 4.69) is 0 Å².